The van der Waals surface area contributed by atoms with Crippen LogP contribution in [0.2, 0.25) is 0 Å². The SMILES string of the molecule is CC(=O)c1ccc2c(c1)N(CCCC(=O)NCc1cccnc1)C(=O)CO2. The predicted molar refractivity (Wildman–Crippen MR) is 99.6 cm³/mol. The number of hydrogen-bond acceptors (Lipinski definition) is 5. The first-order valence-electron chi connectivity index (χ1n) is 8.78. The molecule has 3 rings (SSSR count). The molecule has 7 nitrogen and oxygen atoms in total. The highest BCUT2D eigenvalue weighted by molar-refractivity contribution is 6.01. The van der Waals surface area contributed by atoms with E-state index in [0.29, 0.717) is 42.9 Å². The number of amides is 2. The van der Waals surface area contributed by atoms with Gasteiger partial charge < -0.3 is 15.0 Å². The minimum atomic E-state index is -0.182. The van der Waals surface area contributed by atoms with Gasteiger partial charge in [-0.25, -0.2) is 0 Å². The fourth-order valence-electron chi connectivity index (χ4n) is 2.86. The van der Waals surface area contributed by atoms with Crippen molar-refractivity contribution in [3.05, 3.63) is 53.9 Å². The van der Waals surface area contributed by atoms with Crippen LogP contribution in [0.4, 0.5) is 5.69 Å². The molecule has 7 heteroatoms. The summed E-state index contributed by atoms with van der Waals surface area (Å²) in [5.41, 5.74) is 2.03. The molecule has 1 aliphatic rings. The Morgan fingerprint density at radius 2 is 2.15 bits per heavy atom. The highest BCUT2D eigenvalue weighted by Crippen LogP contribution is 2.33. The molecule has 2 amide bonds. The lowest BCUT2D eigenvalue weighted by Gasteiger charge is -2.29. The van der Waals surface area contributed by atoms with Gasteiger partial charge in [-0.1, -0.05) is 6.07 Å². The molecule has 0 aliphatic carbocycles. The minimum absolute atomic E-state index is 0.0420. The summed E-state index contributed by atoms with van der Waals surface area (Å²) in [6, 6.07) is 8.76. The predicted octanol–water partition coefficient (Wildman–Crippen LogP) is 2.11. The van der Waals surface area contributed by atoms with Crippen molar-refractivity contribution in [2.75, 3.05) is 18.1 Å². The second kappa shape index (κ2) is 8.44. The van der Waals surface area contributed by atoms with Crippen LogP contribution in [0.5, 0.6) is 5.75 Å². The smallest absolute Gasteiger partial charge is 0.265 e. The van der Waals surface area contributed by atoms with Crippen LogP contribution in [0, 0.1) is 0 Å². The summed E-state index contributed by atoms with van der Waals surface area (Å²) < 4.78 is 5.43. The molecule has 0 radical (unpaired) electrons. The van der Waals surface area contributed by atoms with Crippen LogP contribution in [0.25, 0.3) is 0 Å². The number of carbonyl (C=O) groups is 3. The second-order valence-corrected chi connectivity index (χ2v) is 6.31. The van der Waals surface area contributed by atoms with Crippen molar-refractivity contribution < 1.29 is 19.1 Å². The van der Waals surface area contributed by atoms with Crippen molar-refractivity contribution in [2.24, 2.45) is 0 Å². The van der Waals surface area contributed by atoms with E-state index in [-0.39, 0.29) is 24.2 Å². The zero-order valence-corrected chi connectivity index (χ0v) is 15.1. The van der Waals surface area contributed by atoms with Crippen molar-refractivity contribution in [3.63, 3.8) is 0 Å². The fraction of sp³-hybridized carbons (Fsp3) is 0.300. The average molecular weight is 367 g/mol. The number of ether oxygens (including phenoxy) is 1. The molecule has 0 saturated carbocycles. The molecule has 0 atom stereocenters. The average Bonchev–Trinajstić information content (AvgIpc) is 2.68. The van der Waals surface area contributed by atoms with Crippen LogP contribution < -0.4 is 15.0 Å². The van der Waals surface area contributed by atoms with Crippen LogP contribution in [-0.2, 0) is 16.1 Å². The van der Waals surface area contributed by atoms with Crippen molar-refractivity contribution in [3.8, 4) is 5.75 Å². The number of ketones is 1. The number of pyridine rings is 1. The van der Waals surface area contributed by atoms with E-state index in [1.54, 1.807) is 35.5 Å². The van der Waals surface area contributed by atoms with E-state index in [1.807, 2.05) is 12.1 Å². The Morgan fingerprint density at radius 1 is 1.30 bits per heavy atom. The van der Waals surface area contributed by atoms with Gasteiger partial charge in [0.25, 0.3) is 5.91 Å². The normalized spacial score (nSPS) is 12.9. The maximum absolute atomic E-state index is 12.2. The van der Waals surface area contributed by atoms with E-state index in [9.17, 15) is 14.4 Å². The van der Waals surface area contributed by atoms with Crippen molar-refractivity contribution in [1.29, 1.82) is 0 Å². The summed E-state index contributed by atoms with van der Waals surface area (Å²) in [5, 5.41) is 2.84. The van der Waals surface area contributed by atoms with Gasteiger partial charge in [-0.15, -0.1) is 0 Å². The summed E-state index contributed by atoms with van der Waals surface area (Å²) in [7, 11) is 0. The van der Waals surface area contributed by atoms with E-state index in [0.717, 1.165) is 5.56 Å². The van der Waals surface area contributed by atoms with Crippen LogP contribution in [0.15, 0.2) is 42.7 Å². The molecule has 140 valence electrons. The molecule has 0 fully saturated rings. The molecule has 2 heterocycles. The zero-order valence-electron chi connectivity index (χ0n) is 15.1. The van der Waals surface area contributed by atoms with Gasteiger partial charge in [0.1, 0.15) is 5.75 Å². The largest absolute Gasteiger partial charge is 0.482 e. The number of aromatic nitrogens is 1. The third-order valence-corrected chi connectivity index (χ3v) is 4.31. The highest BCUT2D eigenvalue weighted by atomic mass is 16.5. The maximum Gasteiger partial charge on any atom is 0.265 e. The molecule has 0 spiro atoms. The van der Waals surface area contributed by atoms with Gasteiger partial charge in [-0.05, 0) is 43.2 Å². The Morgan fingerprint density at radius 3 is 2.89 bits per heavy atom. The van der Waals surface area contributed by atoms with Crippen molar-refractivity contribution >= 4 is 23.3 Å². The van der Waals surface area contributed by atoms with Crippen LogP contribution in [0.3, 0.4) is 0 Å². The highest BCUT2D eigenvalue weighted by Gasteiger charge is 2.26. The molecule has 0 unspecified atom stereocenters. The van der Waals surface area contributed by atoms with E-state index in [1.165, 1.54) is 6.92 Å². The van der Waals surface area contributed by atoms with Gasteiger partial charge in [0, 0.05) is 37.5 Å². The number of hydrogen-bond donors (Lipinski definition) is 1. The van der Waals surface area contributed by atoms with Gasteiger partial charge >= 0.3 is 0 Å². The number of Topliss-reactive ketones (excluding diaryl/α,β-unsaturated/α-hetero) is 1. The lowest BCUT2D eigenvalue weighted by Crippen LogP contribution is -2.40. The Bertz CT molecular complexity index is 852. The Labute approximate surface area is 157 Å². The number of anilines is 1. The monoisotopic (exact) mass is 367 g/mol. The topological polar surface area (TPSA) is 88.6 Å². The quantitative estimate of drug-likeness (QED) is 0.757. The first-order valence-corrected chi connectivity index (χ1v) is 8.78. The van der Waals surface area contributed by atoms with Gasteiger partial charge in [-0.2, -0.15) is 0 Å². The number of benzene rings is 1. The second-order valence-electron chi connectivity index (χ2n) is 6.31. The minimum Gasteiger partial charge on any atom is -0.482 e. The third-order valence-electron chi connectivity index (χ3n) is 4.31. The number of fused-ring (bicyclic) bond motifs is 1. The van der Waals surface area contributed by atoms with Crippen LogP contribution in [-0.4, -0.2) is 35.7 Å². The Hall–Kier alpha value is -3.22. The molecule has 0 bridgehead atoms. The van der Waals surface area contributed by atoms with Gasteiger partial charge in [-0.3, -0.25) is 19.4 Å². The molecule has 1 aromatic heterocycles. The van der Waals surface area contributed by atoms with E-state index in [4.69, 9.17) is 4.74 Å². The number of nitrogens with one attached hydrogen (secondary N) is 1. The summed E-state index contributed by atoms with van der Waals surface area (Å²) in [4.78, 5) is 41.5. The molecule has 2 aromatic rings. The number of nitrogens with zero attached hydrogens (tertiary/aromatic N) is 2. The Balaban J connectivity index is 1.56. The summed E-state index contributed by atoms with van der Waals surface area (Å²) in [6.45, 7) is 2.24. The van der Waals surface area contributed by atoms with E-state index in [2.05, 4.69) is 10.3 Å². The first kappa shape index (κ1) is 18.6. The maximum atomic E-state index is 12.2. The zero-order chi connectivity index (χ0) is 19.2. The molecular weight excluding hydrogens is 346 g/mol. The van der Waals surface area contributed by atoms with Crippen LogP contribution in [0.1, 0.15) is 35.7 Å². The van der Waals surface area contributed by atoms with E-state index >= 15 is 0 Å². The standard InChI is InChI=1S/C20H21N3O4/c1-14(24)16-6-7-18-17(10-16)23(20(26)13-27-18)9-3-5-19(25)22-12-15-4-2-8-21-11-15/h2,4,6-8,10-11H,3,5,9,12-13H2,1H3,(H,22,25). The lowest BCUT2D eigenvalue weighted by atomic mass is 10.1. The molecule has 1 aliphatic heterocycles. The first-order chi connectivity index (χ1) is 13.0. The van der Waals surface area contributed by atoms with Gasteiger partial charge in [0.15, 0.2) is 12.4 Å². The molecule has 1 aromatic carbocycles. The summed E-state index contributed by atoms with van der Waals surface area (Å²) >= 11 is 0. The molecular formula is C20H21N3O4. The summed E-state index contributed by atoms with van der Waals surface area (Å²) in [6.07, 6.45) is 4.19. The Kier molecular flexibility index (Phi) is 5.80. The summed E-state index contributed by atoms with van der Waals surface area (Å²) in [5.74, 6) is 0.224. The van der Waals surface area contributed by atoms with E-state index < -0.39 is 0 Å². The fourth-order valence-corrected chi connectivity index (χ4v) is 2.86. The van der Waals surface area contributed by atoms with Gasteiger partial charge in [0.2, 0.25) is 5.91 Å². The number of rotatable bonds is 7. The molecule has 27 heavy (non-hydrogen) atoms. The van der Waals surface area contributed by atoms with Crippen molar-refractivity contribution in [1.82, 2.24) is 10.3 Å². The van der Waals surface area contributed by atoms with Gasteiger partial charge in [0.05, 0.1) is 5.69 Å². The molecule has 0 saturated heterocycles. The number of carbonyl (C=O) groups excluding carboxylic acids is 3. The molecule has 1 N–H and O–H groups in total. The lowest BCUT2D eigenvalue weighted by molar-refractivity contribution is -0.123. The van der Waals surface area contributed by atoms with Crippen LogP contribution >= 0.6 is 0 Å². The third kappa shape index (κ3) is 4.69. The van der Waals surface area contributed by atoms with Crippen molar-refractivity contribution in [2.45, 2.75) is 26.3 Å².